The molecule has 0 fully saturated rings. The fraction of sp³-hybridized carbons (Fsp3) is 0.400. The zero-order valence-corrected chi connectivity index (χ0v) is 13.3. The van der Waals surface area contributed by atoms with Crippen molar-refractivity contribution >= 4 is 27.6 Å². The van der Waals surface area contributed by atoms with Crippen LogP contribution in [0.1, 0.15) is 19.4 Å². The number of nitrogens with one attached hydrogen (secondary N) is 1. The summed E-state index contributed by atoms with van der Waals surface area (Å²) in [7, 11) is 1.79. The number of hydrogen-bond donors (Lipinski definition) is 3. The first kappa shape index (κ1) is 15.9. The largest absolute Gasteiger partial charge is 0.481 e. The highest BCUT2D eigenvalue weighted by molar-refractivity contribution is 5.95. The van der Waals surface area contributed by atoms with E-state index >= 15 is 0 Å². The van der Waals surface area contributed by atoms with Gasteiger partial charge in [-0.25, -0.2) is 9.78 Å². The second-order valence-electron chi connectivity index (χ2n) is 4.06. The van der Waals surface area contributed by atoms with Crippen LogP contribution in [0.3, 0.4) is 0 Å². The lowest BCUT2D eigenvalue weighted by molar-refractivity contribution is -0.137. The summed E-state index contributed by atoms with van der Waals surface area (Å²) in [5, 5.41) is 8.73. The van der Waals surface area contributed by atoms with Crippen LogP contribution in [0.4, 0.5) is 0 Å². The van der Waals surface area contributed by atoms with Crippen molar-refractivity contribution in [1.29, 1.82) is 0 Å². The van der Waals surface area contributed by atoms with Crippen molar-refractivity contribution in [3.63, 3.8) is 0 Å². The summed E-state index contributed by atoms with van der Waals surface area (Å²) in [6.07, 6.45) is 1.02. The molecule has 0 aliphatic heterocycles. The Bertz CT molecular complexity index is 731. The van der Waals surface area contributed by atoms with Crippen molar-refractivity contribution in [3.05, 3.63) is 27.2 Å². The Morgan fingerprint density at radius 2 is 2.10 bits per heavy atom. The van der Waals surface area contributed by atoms with Crippen LogP contribution >= 0.6 is 0 Å². The van der Waals surface area contributed by atoms with E-state index in [0.29, 0.717) is 10.5 Å². The number of carboxylic acids is 1. The highest BCUT2D eigenvalue weighted by Crippen LogP contribution is 2.07. The normalized spacial score (nSPS) is 11.9. The van der Waals surface area contributed by atoms with Gasteiger partial charge < -0.3 is 14.9 Å². The Labute approximate surface area is 116 Å². The average molecular weight is 300 g/mol. The van der Waals surface area contributed by atoms with Gasteiger partial charge in [-0.3, -0.25) is 18.7 Å². The standard InChI is InChI=1S/C10H12N4O4.H4OSi/c1-5(3-6(15)16)14-9(17)7-8(12-4-11-7)13(2)10(14)18;1-2/h4-5H,3H2,1-2H3,(H,11,12)(H,15,16);1H,2H3. The van der Waals surface area contributed by atoms with E-state index in [1.54, 1.807) is 0 Å². The molecule has 20 heavy (non-hydrogen) atoms. The van der Waals surface area contributed by atoms with Gasteiger partial charge in [0.25, 0.3) is 5.56 Å². The molecule has 10 heteroatoms. The molecule has 0 bridgehead atoms. The minimum absolute atomic E-state index is 0.189. The maximum atomic E-state index is 12.1. The Hall–Kier alpha value is -2.20. The van der Waals surface area contributed by atoms with E-state index < -0.39 is 23.3 Å². The van der Waals surface area contributed by atoms with E-state index in [1.165, 1.54) is 24.9 Å². The first-order chi connectivity index (χ1) is 9.43. The van der Waals surface area contributed by atoms with Gasteiger partial charge in [-0.1, -0.05) is 0 Å². The van der Waals surface area contributed by atoms with Gasteiger partial charge in [0.1, 0.15) is 16.0 Å². The summed E-state index contributed by atoms with van der Waals surface area (Å²) < 4.78 is 2.14. The summed E-state index contributed by atoms with van der Waals surface area (Å²) in [6.45, 7) is 1.51. The fourth-order valence-corrected chi connectivity index (χ4v) is 1.89. The van der Waals surface area contributed by atoms with Crippen molar-refractivity contribution < 1.29 is 14.7 Å². The van der Waals surface area contributed by atoms with Crippen LogP contribution in [-0.2, 0) is 11.8 Å². The molecule has 0 saturated heterocycles. The van der Waals surface area contributed by atoms with Gasteiger partial charge in [0.15, 0.2) is 5.65 Å². The molecule has 0 aromatic carbocycles. The van der Waals surface area contributed by atoms with Crippen LogP contribution < -0.4 is 11.2 Å². The number of aromatic amines is 1. The number of rotatable bonds is 3. The molecule has 0 radical (unpaired) electrons. The molecule has 2 aromatic rings. The number of nitrogens with zero attached hydrogens (tertiary/aromatic N) is 3. The van der Waals surface area contributed by atoms with E-state index in [4.69, 9.17) is 9.90 Å². The summed E-state index contributed by atoms with van der Waals surface area (Å²) in [4.78, 5) is 48.4. The third-order valence-corrected chi connectivity index (χ3v) is 2.77. The van der Waals surface area contributed by atoms with Gasteiger partial charge in [0.05, 0.1) is 12.7 Å². The number of carbonyl (C=O) groups is 1. The van der Waals surface area contributed by atoms with E-state index in [9.17, 15) is 14.4 Å². The van der Waals surface area contributed by atoms with Crippen molar-refractivity contribution in [2.45, 2.75) is 19.4 Å². The smallest absolute Gasteiger partial charge is 0.332 e. The van der Waals surface area contributed by atoms with Crippen molar-refractivity contribution in [2.24, 2.45) is 7.05 Å². The third kappa shape index (κ3) is 2.70. The Morgan fingerprint density at radius 3 is 2.65 bits per heavy atom. The molecule has 3 N–H and O–H groups in total. The summed E-state index contributed by atoms with van der Waals surface area (Å²) >= 11 is 0. The number of carboxylic acid groups (broad SMARTS) is 1. The van der Waals surface area contributed by atoms with E-state index in [2.05, 4.69) is 9.97 Å². The molecule has 0 amide bonds. The Balaban J connectivity index is 0.000000956. The molecule has 0 saturated carbocycles. The van der Waals surface area contributed by atoms with Crippen LogP contribution in [-0.4, -0.2) is 45.5 Å². The lowest BCUT2D eigenvalue weighted by atomic mass is 10.2. The van der Waals surface area contributed by atoms with Crippen molar-refractivity contribution in [3.8, 4) is 0 Å². The monoisotopic (exact) mass is 300 g/mol. The number of H-pyrrole nitrogens is 1. The SMILES string of the molecule is CC(CC(=O)O)n1c(=O)c2[nH]cnc2n(C)c1=O.O[SiH3]. The van der Waals surface area contributed by atoms with Crippen LogP contribution in [0, 0.1) is 0 Å². The highest BCUT2D eigenvalue weighted by atomic mass is 28.2. The minimum atomic E-state index is -1.07. The van der Waals surface area contributed by atoms with Crippen LogP contribution in [0.2, 0.25) is 0 Å². The van der Waals surface area contributed by atoms with Crippen LogP contribution in [0.5, 0.6) is 0 Å². The average Bonchev–Trinajstić information content (AvgIpc) is 2.87. The van der Waals surface area contributed by atoms with Crippen LogP contribution in [0.15, 0.2) is 15.9 Å². The number of aromatic nitrogens is 4. The van der Waals surface area contributed by atoms with Gasteiger partial charge in [0, 0.05) is 13.1 Å². The summed E-state index contributed by atoms with van der Waals surface area (Å²) in [5.74, 6) is -1.07. The molecule has 9 nitrogen and oxygen atoms in total. The second kappa shape index (κ2) is 6.30. The third-order valence-electron chi connectivity index (χ3n) is 2.77. The van der Waals surface area contributed by atoms with Gasteiger partial charge in [-0.05, 0) is 6.92 Å². The Morgan fingerprint density at radius 1 is 1.50 bits per heavy atom. The summed E-state index contributed by atoms with van der Waals surface area (Å²) in [6, 6.07) is -0.721. The van der Waals surface area contributed by atoms with Crippen molar-refractivity contribution in [1.82, 2.24) is 19.1 Å². The molecule has 1 unspecified atom stereocenters. The van der Waals surface area contributed by atoms with E-state index in [0.717, 1.165) is 4.57 Å². The zero-order chi connectivity index (χ0) is 15.4. The molecule has 0 spiro atoms. The number of aliphatic carboxylic acids is 1. The number of aryl methyl sites for hydroxylation is 1. The number of imidazole rings is 1. The predicted molar refractivity (Wildman–Crippen MR) is 74.7 cm³/mol. The van der Waals surface area contributed by atoms with Gasteiger partial charge in [-0.15, -0.1) is 0 Å². The molecule has 110 valence electrons. The maximum absolute atomic E-state index is 12.1. The fourth-order valence-electron chi connectivity index (χ4n) is 1.89. The van der Waals surface area contributed by atoms with Gasteiger partial charge in [-0.2, -0.15) is 0 Å². The Kier molecular flexibility index (Phi) is 4.99. The van der Waals surface area contributed by atoms with Gasteiger partial charge >= 0.3 is 11.7 Å². The summed E-state index contributed by atoms with van der Waals surface area (Å²) in [5.41, 5.74) is -0.689. The first-order valence-electron chi connectivity index (χ1n) is 5.74. The molecular weight excluding hydrogens is 284 g/mol. The van der Waals surface area contributed by atoms with Crippen LogP contribution in [0.25, 0.3) is 11.2 Å². The predicted octanol–water partition coefficient (Wildman–Crippen LogP) is -2.28. The number of fused-ring (bicyclic) bond motifs is 1. The maximum Gasteiger partial charge on any atom is 0.332 e. The quantitative estimate of drug-likeness (QED) is 0.547. The molecule has 2 heterocycles. The number of hydrogen-bond acceptors (Lipinski definition) is 5. The second-order valence-corrected chi connectivity index (χ2v) is 4.06. The molecule has 2 rings (SSSR count). The lowest BCUT2D eigenvalue weighted by Gasteiger charge is -2.13. The van der Waals surface area contributed by atoms with Crippen molar-refractivity contribution in [2.75, 3.05) is 0 Å². The highest BCUT2D eigenvalue weighted by Gasteiger charge is 2.19. The molecule has 1 atom stereocenters. The van der Waals surface area contributed by atoms with E-state index in [1.807, 2.05) is 0 Å². The topological polar surface area (TPSA) is 130 Å². The van der Waals surface area contributed by atoms with Gasteiger partial charge in [0.2, 0.25) is 0 Å². The molecule has 0 aliphatic rings. The molecule has 2 aromatic heterocycles. The van der Waals surface area contributed by atoms with E-state index in [-0.39, 0.29) is 17.6 Å². The zero-order valence-electron chi connectivity index (χ0n) is 11.3. The minimum Gasteiger partial charge on any atom is -0.481 e. The molecular formula is C10H16N4O5Si. The lowest BCUT2D eigenvalue weighted by Crippen LogP contribution is -2.41. The molecule has 0 aliphatic carbocycles. The first-order valence-corrected chi connectivity index (χ1v) is 6.64.